The van der Waals surface area contributed by atoms with Gasteiger partial charge in [0.2, 0.25) is 0 Å². The third kappa shape index (κ3) is 2.58. The topological polar surface area (TPSA) is 33.6 Å². The van der Waals surface area contributed by atoms with Gasteiger partial charge in [-0.05, 0) is 44.3 Å². The maximum absolute atomic E-state index is 5.26. The second kappa shape index (κ2) is 5.19. The molecule has 0 unspecified atom stereocenters. The minimum absolute atomic E-state index is 0.810. The molecule has 2 rings (SSSR count). The molecule has 5 heteroatoms. The van der Waals surface area contributed by atoms with Crippen molar-refractivity contribution in [3.63, 3.8) is 0 Å². The molecule has 1 heterocycles. The minimum Gasteiger partial charge on any atom is -0.495 e. The summed E-state index contributed by atoms with van der Waals surface area (Å²) in [4.78, 5) is 4.38. The molecule has 1 N–H and O–H groups in total. The summed E-state index contributed by atoms with van der Waals surface area (Å²) in [5.41, 5.74) is 0.987. The molecule has 0 radical (unpaired) electrons. The van der Waals surface area contributed by atoms with Gasteiger partial charge in [0.1, 0.15) is 11.6 Å². The largest absolute Gasteiger partial charge is 0.495 e. The van der Waals surface area contributed by atoms with Gasteiger partial charge in [-0.3, -0.25) is 4.99 Å². The molecule has 1 aromatic rings. The Labute approximate surface area is 112 Å². The number of benzene rings is 1. The van der Waals surface area contributed by atoms with Crippen LogP contribution in [0.4, 0.5) is 5.69 Å². The number of amidine groups is 1. The van der Waals surface area contributed by atoms with Crippen molar-refractivity contribution in [2.24, 2.45) is 4.99 Å². The van der Waals surface area contributed by atoms with E-state index in [1.807, 2.05) is 12.1 Å². The van der Waals surface area contributed by atoms with Crippen LogP contribution in [-0.4, -0.2) is 19.5 Å². The molecule has 1 aliphatic rings. The Bertz CT molecular complexity index is 432. The van der Waals surface area contributed by atoms with E-state index in [0.29, 0.717) is 0 Å². The Balaban J connectivity index is 2.25. The maximum Gasteiger partial charge on any atom is 0.135 e. The minimum atomic E-state index is 0.810. The fourth-order valence-electron chi connectivity index (χ4n) is 1.58. The van der Waals surface area contributed by atoms with E-state index in [4.69, 9.17) is 4.74 Å². The third-order valence-corrected chi connectivity index (χ3v) is 3.67. The number of hydrogen-bond acceptors (Lipinski definition) is 3. The van der Waals surface area contributed by atoms with Crippen LogP contribution in [0.25, 0.3) is 0 Å². The first-order chi connectivity index (χ1) is 7.70. The maximum atomic E-state index is 5.26. The Kier molecular flexibility index (Phi) is 3.86. The molecule has 0 saturated heterocycles. The zero-order valence-corrected chi connectivity index (χ0v) is 12.1. The van der Waals surface area contributed by atoms with Crippen LogP contribution in [-0.2, 0) is 0 Å². The number of hydrogen-bond donors (Lipinski definition) is 1. The van der Waals surface area contributed by atoms with Gasteiger partial charge in [-0.25, -0.2) is 0 Å². The predicted molar refractivity (Wildman–Crippen MR) is 73.6 cm³/mol. The number of ether oxygens (including phenoxy) is 1. The summed E-state index contributed by atoms with van der Waals surface area (Å²) in [6.07, 6.45) is 2.15. The SMILES string of the molecule is COc1cc(NC2=NCCC2)c(Br)cc1Br. The second-order valence-electron chi connectivity index (χ2n) is 3.52. The highest BCUT2D eigenvalue weighted by atomic mass is 79.9. The fourth-order valence-corrected chi connectivity index (χ4v) is 2.83. The quantitative estimate of drug-likeness (QED) is 0.882. The molecule has 0 bridgehead atoms. The van der Waals surface area contributed by atoms with Gasteiger partial charge in [0.15, 0.2) is 0 Å². The fraction of sp³-hybridized carbons (Fsp3) is 0.364. The Morgan fingerprint density at radius 3 is 2.75 bits per heavy atom. The van der Waals surface area contributed by atoms with Crippen molar-refractivity contribution in [2.75, 3.05) is 19.0 Å². The lowest BCUT2D eigenvalue weighted by molar-refractivity contribution is 0.412. The van der Waals surface area contributed by atoms with Crippen molar-refractivity contribution in [2.45, 2.75) is 12.8 Å². The average molecular weight is 348 g/mol. The number of halogens is 2. The molecule has 3 nitrogen and oxygen atoms in total. The van der Waals surface area contributed by atoms with Crippen LogP contribution in [0, 0.1) is 0 Å². The van der Waals surface area contributed by atoms with Crippen LogP contribution in [0.5, 0.6) is 5.75 Å². The first kappa shape index (κ1) is 11.9. The third-order valence-electron chi connectivity index (χ3n) is 2.39. The molecule has 0 amide bonds. The van der Waals surface area contributed by atoms with Crippen molar-refractivity contribution < 1.29 is 4.74 Å². The van der Waals surface area contributed by atoms with Crippen molar-refractivity contribution in [3.8, 4) is 5.75 Å². The van der Waals surface area contributed by atoms with Gasteiger partial charge in [-0.15, -0.1) is 0 Å². The van der Waals surface area contributed by atoms with E-state index in [9.17, 15) is 0 Å². The number of nitrogens with one attached hydrogen (secondary N) is 1. The summed E-state index contributed by atoms with van der Waals surface area (Å²) in [5, 5.41) is 3.31. The summed E-state index contributed by atoms with van der Waals surface area (Å²) in [6.45, 7) is 0.924. The molecule has 1 aliphatic heterocycles. The Hall–Kier alpha value is -0.550. The first-order valence-corrected chi connectivity index (χ1v) is 6.62. The van der Waals surface area contributed by atoms with E-state index in [2.05, 4.69) is 42.2 Å². The summed E-state index contributed by atoms with van der Waals surface area (Å²) < 4.78 is 7.18. The standard InChI is InChI=1S/C11H12Br2N2O/c1-16-10-6-9(7(12)5-8(10)13)15-11-3-2-4-14-11/h5-6H,2-4H2,1H3,(H,14,15). The monoisotopic (exact) mass is 346 g/mol. The van der Waals surface area contributed by atoms with Gasteiger partial charge < -0.3 is 10.1 Å². The molecule has 1 aromatic carbocycles. The zero-order valence-electron chi connectivity index (χ0n) is 8.89. The van der Waals surface area contributed by atoms with Crippen molar-refractivity contribution >= 4 is 43.4 Å². The second-order valence-corrected chi connectivity index (χ2v) is 5.23. The average Bonchev–Trinajstić information content (AvgIpc) is 2.75. The Morgan fingerprint density at radius 2 is 2.12 bits per heavy atom. The number of anilines is 1. The van der Waals surface area contributed by atoms with Gasteiger partial charge in [0.05, 0.1) is 17.3 Å². The first-order valence-electron chi connectivity index (χ1n) is 5.04. The number of aliphatic imine (C=N–C) groups is 1. The van der Waals surface area contributed by atoms with E-state index in [-0.39, 0.29) is 0 Å². The van der Waals surface area contributed by atoms with E-state index in [0.717, 1.165) is 45.6 Å². The van der Waals surface area contributed by atoms with Gasteiger partial charge in [-0.2, -0.15) is 0 Å². The van der Waals surface area contributed by atoms with Crippen molar-refractivity contribution in [3.05, 3.63) is 21.1 Å². The zero-order chi connectivity index (χ0) is 11.5. The Morgan fingerprint density at radius 1 is 1.31 bits per heavy atom. The highest BCUT2D eigenvalue weighted by molar-refractivity contribution is 9.11. The molecule has 0 saturated carbocycles. The highest BCUT2D eigenvalue weighted by Crippen LogP contribution is 2.34. The lowest BCUT2D eigenvalue weighted by Gasteiger charge is -2.11. The lowest BCUT2D eigenvalue weighted by atomic mass is 10.3. The summed E-state index contributed by atoms with van der Waals surface area (Å²) in [6, 6.07) is 3.92. The molecular formula is C11H12Br2N2O. The van der Waals surface area contributed by atoms with Crippen LogP contribution in [0.2, 0.25) is 0 Å². The lowest BCUT2D eigenvalue weighted by Crippen LogP contribution is -2.08. The molecule has 86 valence electrons. The summed E-state index contributed by atoms with van der Waals surface area (Å²) in [5.74, 6) is 1.86. The van der Waals surface area contributed by atoms with Crippen LogP contribution >= 0.6 is 31.9 Å². The van der Waals surface area contributed by atoms with E-state index in [1.165, 1.54) is 0 Å². The van der Waals surface area contributed by atoms with Gasteiger partial charge in [-0.1, -0.05) is 0 Å². The summed E-state index contributed by atoms with van der Waals surface area (Å²) in [7, 11) is 1.66. The van der Waals surface area contributed by atoms with E-state index in [1.54, 1.807) is 7.11 Å². The molecule has 0 aromatic heterocycles. The predicted octanol–water partition coefficient (Wildman–Crippen LogP) is 3.82. The molecule has 0 fully saturated rings. The van der Waals surface area contributed by atoms with Crippen molar-refractivity contribution in [1.29, 1.82) is 0 Å². The van der Waals surface area contributed by atoms with Gasteiger partial charge >= 0.3 is 0 Å². The molecule has 16 heavy (non-hydrogen) atoms. The van der Waals surface area contributed by atoms with Crippen molar-refractivity contribution in [1.82, 2.24) is 0 Å². The number of nitrogens with zero attached hydrogens (tertiary/aromatic N) is 1. The van der Waals surface area contributed by atoms with Crippen LogP contribution in [0.3, 0.4) is 0 Å². The van der Waals surface area contributed by atoms with Crippen LogP contribution < -0.4 is 10.1 Å². The normalized spacial score (nSPS) is 14.8. The number of rotatable bonds is 2. The van der Waals surface area contributed by atoms with Gasteiger partial charge in [0.25, 0.3) is 0 Å². The summed E-state index contributed by atoms with van der Waals surface area (Å²) >= 11 is 6.96. The molecule has 0 atom stereocenters. The van der Waals surface area contributed by atoms with Crippen LogP contribution in [0.1, 0.15) is 12.8 Å². The van der Waals surface area contributed by atoms with Gasteiger partial charge in [0, 0.05) is 23.5 Å². The number of methoxy groups -OCH3 is 1. The smallest absolute Gasteiger partial charge is 0.135 e. The molecular weight excluding hydrogens is 336 g/mol. The highest BCUT2D eigenvalue weighted by Gasteiger charge is 2.11. The van der Waals surface area contributed by atoms with E-state index >= 15 is 0 Å². The molecule has 0 aliphatic carbocycles. The van der Waals surface area contributed by atoms with E-state index < -0.39 is 0 Å². The molecule has 0 spiro atoms. The van der Waals surface area contributed by atoms with Crippen LogP contribution in [0.15, 0.2) is 26.1 Å².